The van der Waals surface area contributed by atoms with Crippen LogP contribution in [0.2, 0.25) is 0 Å². The van der Waals surface area contributed by atoms with Crippen LogP contribution in [-0.4, -0.2) is 29.8 Å². The van der Waals surface area contributed by atoms with Crippen molar-refractivity contribution < 1.29 is 9.59 Å². The molecule has 1 fully saturated rings. The second kappa shape index (κ2) is 5.65. The third-order valence-electron chi connectivity index (χ3n) is 3.95. The summed E-state index contributed by atoms with van der Waals surface area (Å²) in [5, 5.41) is 2.71. The van der Waals surface area contributed by atoms with Gasteiger partial charge in [-0.15, -0.1) is 0 Å². The molecule has 1 heterocycles. The van der Waals surface area contributed by atoms with E-state index in [-0.39, 0.29) is 18.4 Å². The molecule has 4 heteroatoms. The fourth-order valence-electron chi connectivity index (χ4n) is 2.58. The third kappa shape index (κ3) is 2.55. The van der Waals surface area contributed by atoms with Crippen molar-refractivity contribution in [3.05, 3.63) is 35.9 Å². The van der Waals surface area contributed by atoms with Crippen LogP contribution in [0.15, 0.2) is 30.3 Å². The van der Waals surface area contributed by atoms with Gasteiger partial charge in [0, 0.05) is 6.54 Å². The number of carbonyl (C=O) groups excluding carboxylic acids is 2. The Kier molecular flexibility index (Phi) is 4.12. The molecule has 0 aromatic heterocycles. The molecule has 1 N–H and O–H groups in total. The molecular weight excluding hydrogens is 252 g/mol. The highest BCUT2D eigenvalue weighted by atomic mass is 16.2. The molecule has 0 radical (unpaired) electrons. The van der Waals surface area contributed by atoms with Gasteiger partial charge in [0.25, 0.3) is 5.91 Å². The summed E-state index contributed by atoms with van der Waals surface area (Å²) in [7, 11) is 0. The molecule has 1 atom stereocenters. The van der Waals surface area contributed by atoms with Crippen LogP contribution in [-0.2, 0) is 15.1 Å². The summed E-state index contributed by atoms with van der Waals surface area (Å²) in [6.07, 6.45) is 0.890. The number of hydrogen-bond acceptors (Lipinski definition) is 2. The fourth-order valence-corrected chi connectivity index (χ4v) is 2.58. The Morgan fingerprint density at radius 1 is 1.25 bits per heavy atom. The fraction of sp³-hybridized carbons (Fsp3) is 0.500. The molecule has 20 heavy (non-hydrogen) atoms. The van der Waals surface area contributed by atoms with Gasteiger partial charge in [0.15, 0.2) is 0 Å². The average Bonchev–Trinajstić information content (AvgIpc) is 2.44. The van der Waals surface area contributed by atoms with Crippen LogP contribution in [0.4, 0.5) is 0 Å². The highest BCUT2D eigenvalue weighted by Gasteiger charge is 2.46. The predicted molar refractivity (Wildman–Crippen MR) is 78.0 cm³/mol. The van der Waals surface area contributed by atoms with E-state index >= 15 is 0 Å². The van der Waals surface area contributed by atoms with E-state index in [2.05, 4.69) is 19.2 Å². The maximum Gasteiger partial charge on any atom is 0.250 e. The molecule has 1 aliphatic heterocycles. The lowest BCUT2D eigenvalue weighted by Gasteiger charge is -2.44. The van der Waals surface area contributed by atoms with Crippen molar-refractivity contribution in [3.63, 3.8) is 0 Å². The standard InChI is InChI=1S/C16H22N2O2/c1-12(2)9-10-18-14(19)11-17-15(20)16(18,3)13-7-5-4-6-8-13/h4-8,12H,9-11H2,1-3H3,(H,17,20). The molecule has 2 amide bonds. The second-order valence-corrected chi connectivity index (χ2v) is 5.85. The molecule has 4 nitrogen and oxygen atoms in total. The Balaban J connectivity index is 2.37. The molecule has 1 unspecified atom stereocenters. The van der Waals surface area contributed by atoms with E-state index in [0.29, 0.717) is 12.5 Å². The average molecular weight is 274 g/mol. The van der Waals surface area contributed by atoms with Crippen molar-refractivity contribution in [2.24, 2.45) is 5.92 Å². The lowest BCUT2D eigenvalue weighted by atomic mass is 9.86. The van der Waals surface area contributed by atoms with E-state index in [1.807, 2.05) is 37.3 Å². The van der Waals surface area contributed by atoms with Gasteiger partial charge >= 0.3 is 0 Å². The molecule has 1 saturated heterocycles. The van der Waals surface area contributed by atoms with Gasteiger partial charge in [-0.05, 0) is 24.8 Å². The van der Waals surface area contributed by atoms with Gasteiger partial charge in [-0.2, -0.15) is 0 Å². The Bertz CT molecular complexity index is 498. The van der Waals surface area contributed by atoms with Crippen LogP contribution in [0.3, 0.4) is 0 Å². The summed E-state index contributed by atoms with van der Waals surface area (Å²) in [6.45, 7) is 6.77. The molecule has 2 rings (SSSR count). The molecular formula is C16H22N2O2. The zero-order chi connectivity index (χ0) is 14.8. The Labute approximate surface area is 120 Å². The number of nitrogens with zero attached hydrogens (tertiary/aromatic N) is 1. The minimum atomic E-state index is -0.911. The van der Waals surface area contributed by atoms with Gasteiger partial charge in [0.1, 0.15) is 5.54 Å². The van der Waals surface area contributed by atoms with Crippen molar-refractivity contribution in [2.45, 2.75) is 32.7 Å². The van der Waals surface area contributed by atoms with E-state index < -0.39 is 5.54 Å². The summed E-state index contributed by atoms with van der Waals surface area (Å²) < 4.78 is 0. The first kappa shape index (κ1) is 14.6. The van der Waals surface area contributed by atoms with Crippen LogP contribution in [0.1, 0.15) is 32.8 Å². The zero-order valence-electron chi connectivity index (χ0n) is 12.3. The molecule has 108 valence electrons. The van der Waals surface area contributed by atoms with Crippen LogP contribution in [0.5, 0.6) is 0 Å². The smallest absolute Gasteiger partial charge is 0.250 e. The highest BCUT2D eigenvalue weighted by Crippen LogP contribution is 2.31. The van der Waals surface area contributed by atoms with E-state index in [1.54, 1.807) is 4.90 Å². The number of benzene rings is 1. The molecule has 1 aromatic carbocycles. The number of hydrogen-bond donors (Lipinski definition) is 1. The summed E-state index contributed by atoms with van der Waals surface area (Å²) in [6, 6.07) is 9.51. The minimum Gasteiger partial charge on any atom is -0.345 e. The lowest BCUT2D eigenvalue weighted by Crippen LogP contribution is -2.64. The molecule has 1 aromatic rings. The Morgan fingerprint density at radius 2 is 1.90 bits per heavy atom. The molecule has 0 saturated carbocycles. The van der Waals surface area contributed by atoms with Crippen molar-refractivity contribution in [1.82, 2.24) is 10.2 Å². The van der Waals surface area contributed by atoms with Crippen molar-refractivity contribution in [2.75, 3.05) is 13.1 Å². The van der Waals surface area contributed by atoms with E-state index in [9.17, 15) is 9.59 Å². The van der Waals surface area contributed by atoms with Gasteiger partial charge in [-0.3, -0.25) is 9.59 Å². The summed E-state index contributed by atoms with van der Waals surface area (Å²) >= 11 is 0. The topological polar surface area (TPSA) is 49.4 Å². The molecule has 0 spiro atoms. The second-order valence-electron chi connectivity index (χ2n) is 5.85. The molecule has 0 bridgehead atoms. The summed E-state index contributed by atoms with van der Waals surface area (Å²) in [4.78, 5) is 26.4. The van der Waals surface area contributed by atoms with Crippen LogP contribution >= 0.6 is 0 Å². The predicted octanol–water partition coefficient (Wildman–Crippen LogP) is 1.91. The minimum absolute atomic E-state index is 0.0170. The SMILES string of the molecule is CC(C)CCN1C(=O)CNC(=O)C1(C)c1ccccc1. The number of carbonyl (C=O) groups is 2. The van der Waals surface area contributed by atoms with Gasteiger partial charge < -0.3 is 10.2 Å². The van der Waals surface area contributed by atoms with Crippen molar-refractivity contribution >= 4 is 11.8 Å². The summed E-state index contributed by atoms with van der Waals surface area (Å²) in [5.41, 5.74) is -0.0554. The lowest BCUT2D eigenvalue weighted by molar-refractivity contribution is -0.153. The summed E-state index contributed by atoms with van der Waals surface area (Å²) in [5.74, 6) is 0.372. The van der Waals surface area contributed by atoms with E-state index in [0.717, 1.165) is 12.0 Å². The maximum atomic E-state index is 12.4. The Morgan fingerprint density at radius 3 is 2.50 bits per heavy atom. The van der Waals surface area contributed by atoms with Crippen LogP contribution in [0, 0.1) is 5.92 Å². The molecule has 1 aliphatic rings. The Hall–Kier alpha value is -1.84. The van der Waals surface area contributed by atoms with E-state index in [4.69, 9.17) is 0 Å². The largest absolute Gasteiger partial charge is 0.345 e. The highest BCUT2D eigenvalue weighted by molar-refractivity contribution is 5.98. The van der Waals surface area contributed by atoms with Crippen LogP contribution < -0.4 is 5.32 Å². The van der Waals surface area contributed by atoms with Crippen molar-refractivity contribution in [3.8, 4) is 0 Å². The van der Waals surface area contributed by atoms with Gasteiger partial charge in [0.2, 0.25) is 5.91 Å². The first-order valence-corrected chi connectivity index (χ1v) is 7.10. The van der Waals surface area contributed by atoms with E-state index in [1.165, 1.54) is 0 Å². The number of amides is 2. The van der Waals surface area contributed by atoms with Gasteiger partial charge in [-0.1, -0.05) is 44.2 Å². The first-order valence-electron chi connectivity index (χ1n) is 7.10. The van der Waals surface area contributed by atoms with Crippen molar-refractivity contribution in [1.29, 1.82) is 0 Å². The van der Waals surface area contributed by atoms with Crippen LogP contribution in [0.25, 0.3) is 0 Å². The monoisotopic (exact) mass is 274 g/mol. The first-order chi connectivity index (χ1) is 9.46. The molecule has 0 aliphatic carbocycles. The third-order valence-corrected chi connectivity index (χ3v) is 3.95. The number of nitrogens with one attached hydrogen (secondary N) is 1. The normalized spacial score (nSPS) is 23.1. The maximum absolute atomic E-state index is 12.4. The number of rotatable bonds is 4. The quantitative estimate of drug-likeness (QED) is 0.911. The number of piperazine rings is 1. The van der Waals surface area contributed by atoms with Gasteiger partial charge in [-0.25, -0.2) is 0 Å². The van der Waals surface area contributed by atoms with Gasteiger partial charge in [0.05, 0.1) is 6.54 Å². The zero-order valence-corrected chi connectivity index (χ0v) is 12.3.